The first-order valence-corrected chi connectivity index (χ1v) is 6.76. The molecule has 0 unspecified atom stereocenters. The standard InChI is InChI=1S/C17H13N3O/c1-12-18-11-16-10-14(5-7-20(12)16)13-3-2-4-15(9-13)17-6-8-21-19-17/h2-11H,1H3. The molecule has 1 aromatic carbocycles. The lowest BCUT2D eigenvalue weighted by molar-refractivity contribution is 0.422. The molecule has 4 aromatic rings. The molecule has 0 aliphatic rings. The monoisotopic (exact) mass is 275 g/mol. The second kappa shape index (κ2) is 4.59. The molecule has 0 amide bonds. The lowest BCUT2D eigenvalue weighted by Crippen LogP contribution is -1.88. The van der Waals surface area contributed by atoms with Crippen molar-refractivity contribution in [2.45, 2.75) is 6.92 Å². The molecule has 3 aromatic heterocycles. The Kier molecular flexibility index (Phi) is 2.60. The maximum atomic E-state index is 4.91. The zero-order valence-electron chi connectivity index (χ0n) is 11.5. The van der Waals surface area contributed by atoms with Crippen molar-refractivity contribution in [1.82, 2.24) is 14.5 Å². The van der Waals surface area contributed by atoms with Gasteiger partial charge in [0.15, 0.2) is 0 Å². The maximum Gasteiger partial charge on any atom is 0.124 e. The Balaban J connectivity index is 1.82. The smallest absolute Gasteiger partial charge is 0.124 e. The fourth-order valence-electron chi connectivity index (χ4n) is 2.53. The Morgan fingerprint density at radius 2 is 1.86 bits per heavy atom. The summed E-state index contributed by atoms with van der Waals surface area (Å²) in [5.74, 6) is 0.993. The summed E-state index contributed by atoms with van der Waals surface area (Å²) in [4.78, 5) is 4.33. The minimum absolute atomic E-state index is 0.845. The molecule has 4 heteroatoms. The van der Waals surface area contributed by atoms with Crippen molar-refractivity contribution in [2.24, 2.45) is 0 Å². The van der Waals surface area contributed by atoms with Crippen molar-refractivity contribution in [3.63, 3.8) is 0 Å². The molecular formula is C17H13N3O. The van der Waals surface area contributed by atoms with Crippen LogP contribution in [0.3, 0.4) is 0 Å². The summed E-state index contributed by atoms with van der Waals surface area (Å²) >= 11 is 0. The van der Waals surface area contributed by atoms with Gasteiger partial charge < -0.3 is 8.92 Å². The number of pyridine rings is 1. The average Bonchev–Trinajstić information content (AvgIpc) is 3.18. The van der Waals surface area contributed by atoms with Gasteiger partial charge in [0.1, 0.15) is 17.8 Å². The molecule has 0 saturated carbocycles. The van der Waals surface area contributed by atoms with E-state index in [2.05, 4.69) is 45.0 Å². The first-order valence-electron chi connectivity index (χ1n) is 6.76. The van der Waals surface area contributed by atoms with Crippen LogP contribution in [0.1, 0.15) is 5.82 Å². The molecule has 21 heavy (non-hydrogen) atoms. The zero-order chi connectivity index (χ0) is 14.2. The Morgan fingerprint density at radius 3 is 2.71 bits per heavy atom. The fourth-order valence-corrected chi connectivity index (χ4v) is 2.53. The van der Waals surface area contributed by atoms with Gasteiger partial charge in [0.25, 0.3) is 0 Å². The summed E-state index contributed by atoms with van der Waals surface area (Å²) in [7, 11) is 0. The minimum Gasteiger partial charge on any atom is -0.364 e. The normalized spacial score (nSPS) is 11.1. The van der Waals surface area contributed by atoms with Crippen LogP contribution in [0.15, 0.2) is 65.6 Å². The number of hydrogen-bond acceptors (Lipinski definition) is 3. The largest absolute Gasteiger partial charge is 0.364 e. The van der Waals surface area contributed by atoms with E-state index in [9.17, 15) is 0 Å². The van der Waals surface area contributed by atoms with E-state index < -0.39 is 0 Å². The molecule has 0 fully saturated rings. The van der Waals surface area contributed by atoms with E-state index in [0.29, 0.717) is 0 Å². The van der Waals surface area contributed by atoms with Crippen molar-refractivity contribution in [1.29, 1.82) is 0 Å². The van der Waals surface area contributed by atoms with Gasteiger partial charge in [-0.2, -0.15) is 0 Å². The van der Waals surface area contributed by atoms with Crippen LogP contribution < -0.4 is 0 Å². The van der Waals surface area contributed by atoms with E-state index in [0.717, 1.165) is 33.7 Å². The van der Waals surface area contributed by atoms with Crippen molar-refractivity contribution in [3.8, 4) is 22.4 Å². The van der Waals surface area contributed by atoms with Crippen LogP contribution in [0, 0.1) is 6.92 Å². The highest BCUT2D eigenvalue weighted by molar-refractivity contribution is 5.73. The molecule has 0 bridgehead atoms. The number of nitrogens with zero attached hydrogens (tertiary/aromatic N) is 3. The van der Waals surface area contributed by atoms with Gasteiger partial charge in [0.2, 0.25) is 0 Å². The first-order chi connectivity index (χ1) is 10.3. The highest BCUT2D eigenvalue weighted by Crippen LogP contribution is 2.26. The number of hydrogen-bond donors (Lipinski definition) is 0. The SMILES string of the molecule is Cc1ncc2cc(-c3cccc(-c4ccon4)c3)ccn12. The number of rotatable bonds is 2. The van der Waals surface area contributed by atoms with E-state index in [1.54, 1.807) is 6.26 Å². The van der Waals surface area contributed by atoms with Gasteiger partial charge in [-0.25, -0.2) is 4.98 Å². The van der Waals surface area contributed by atoms with Gasteiger partial charge in [-0.15, -0.1) is 0 Å². The Labute approximate surface area is 121 Å². The molecule has 0 spiro atoms. The molecule has 0 N–H and O–H groups in total. The molecule has 0 aliphatic carbocycles. The van der Waals surface area contributed by atoms with Crippen molar-refractivity contribution >= 4 is 5.52 Å². The summed E-state index contributed by atoms with van der Waals surface area (Å²) in [6.45, 7) is 2.00. The van der Waals surface area contributed by atoms with Crippen molar-refractivity contribution in [3.05, 3.63) is 66.9 Å². The predicted molar refractivity (Wildman–Crippen MR) is 80.9 cm³/mol. The Hall–Kier alpha value is -2.88. The molecule has 102 valence electrons. The predicted octanol–water partition coefficient (Wildman–Crippen LogP) is 3.96. The zero-order valence-corrected chi connectivity index (χ0v) is 11.5. The van der Waals surface area contributed by atoms with Crippen LogP contribution in [0.2, 0.25) is 0 Å². The van der Waals surface area contributed by atoms with E-state index in [-0.39, 0.29) is 0 Å². The van der Waals surface area contributed by atoms with Crippen LogP contribution >= 0.6 is 0 Å². The number of benzene rings is 1. The van der Waals surface area contributed by atoms with E-state index in [1.165, 1.54) is 0 Å². The minimum atomic E-state index is 0.845. The van der Waals surface area contributed by atoms with Crippen LogP contribution in [-0.4, -0.2) is 14.5 Å². The van der Waals surface area contributed by atoms with Crippen molar-refractivity contribution in [2.75, 3.05) is 0 Å². The summed E-state index contributed by atoms with van der Waals surface area (Å²) < 4.78 is 6.99. The average molecular weight is 275 g/mol. The molecule has 0 atom stereocenters. The highest BCUT2D eigenvalue weighted by Gasteiger charge is 2.05. The van der Waals surface area contributed by atoms with Crippen LogP contribution in [0.4, 0.5) is 0 Å². The number of aromatic nitrogens is 3. The maximum absolute atomic E-state index is 4.91. The summed E-state index contributed by atoms with van der Waals surface area (Å²) in [5.41, 5.74) is 5.30. The van der Waals surface area contributed by atoms with E-state index >= 15 is 0 Å². The summed E-state index contributed by atoms with van der Waals surface area (Å²) in [6, 6.07) is 14.4. The van der Waals surface area contributed by atoms with Crippen LogP contribution in [-0.2, 0) is 0 Å². The van der Waals surface area contributed by atoms with Crippen molar-refractivity contribution < 1.29 is 4.52 Å². The fraction of sp³-hybridized carbons (Fsp3) is 0.0588. The quantitative estimate of drug-likeness (QED) is 0.556. The molecule has 4 rings (SSSR count). The third-order valence-electron chi connectivity index (χ3n) is 3.65. The molecule has 0 aliphatic heterocycles. The summed E-state index contributed by atoms with van der Waals surface area (Å²) in [6.07, 6.45) is 5.53. The Bertz CT molecular complexity index is 907. The van der Waals surface area contributed by atoms with Gasteiger partial charge in [0.05, 0.1) is 11.7 Å². The first kappa shape index (κ1) is 11.9. The molecule has 3 heterocycles. The van der Waals surface area contributed by atoms with Gasteiger partial charge >= 0.3 is 0 Å². The van der Waals surface area contributed by atoms with Crippen LogP contribution in [0.25, 0.3) is 27.9 Å². The van der Waals surface area contributed by atoms with Gasteiger partial charge in [-0.05, 0) is 36.2 Å². The molecular weight excluding hydrogens is 262 g/mol. The van der Waals surface area contributed by atoms with Gasteiger partial charge in [0, 0.05) is 17.8 Å². The Morgan fingerprint density at radius 1 is 1.00 bits per heavy atom. The number of imidazole rings is 1. The van der Waals surface area contributed by atoms with Gasteiger partial charge in [-0.3, -0.25) is 0 Å². The lowest BCUT2D eigenvalue weighted by Gasteiger charge is -2.05. The third kappa shape index (κ3) is 2.01. The van der Waals surface area contributed by atoms with E-state index in [4.69, 9.17) is 4.52 Å². The van der Waals surface area contributed by atoms with Crippen LogP contribution in [0.5, 0.6) is 0 Å². The highest BCUT2D eigenvalue weighted by atomic mass is 16.5. The molecule has 0 saturated heterocycles. The second-order valence-electron chi connectivity index (χ2n) is 4.98. The molecule has 0 radical (unpaired) electrons. The molecule has 4 nitrogen and oxygen atoms in total. The van der Waals surface area contributed by atoms with E-state index in [1.807, 2.05) is 31.3 Å². The lowest BCUT2D eigenvalue weighted by atomic mass is 10.0. The topological polar surface area (TPSA) is 43.3 Å². The third-order valence-corrected chi connectivity index (χ3v) is 3.65. The number of fused-ring (bicyclic) bond motifs is 1. The summed E-state index contributed by atoms with van der Waals surface area (Å²) in [5, 5.41) is 3.99. The second-order valence-corrected chi connectivity index (χ2v) is 4.98. The van der Waals surface area contributed by atoms with Gasteiger partial charge in [-0.1, -0.05) is 23.4 Å². The number of aryl methyl sites for hydroxylation is 1.